The van der Waals surface area contributed by atoms with E-state index >= 15 is 0 Å². The Bertz CT molecular complexity index is 1850. The van der Waals surface area contributed by atoms with Crippen LogP contribution >= 0.6 is 0 Å². The van der Waals surface area contributed by atoms with E-state index in [4.69, 9.17) is 13.9 Å². The average molecular weight is 595 g/mol. The van der Waals surface area contributed by atoms with Gasteiger partial charge in [0.05, 0.1) is 19.2 Å². The number of carbonyl (C=O) groups excluding carboxylic acids is 1. The van der Waals surface area contributed by atoms with Gasteiger partial charge in [0.15, 0.2) is 0 Å². The number of quaternary nitrogens is 1. The molecule has 2 aliphatic rings. The number of rotatable bonds is 10. The van der Waals surface area contributed by atoms with Gasteiger partial charge >= 0.3 is 0 Å². The number of fused-ring (bicyclic) bond motifs is 2. The van der Waals surface area contributed by atoms with Crippen molar-refractivity contribution in [1.82, 2.24) is 9.89 Å². The smallest absolute Gasteiger partial charge is 0.251 e. The predicted octanol–water partition coefficient (Wildman–Crippen LogP) is 4.35. The summed E-state index contributed by atoms with van der Waals surface area (Å²) in [5, 5.41) is 4.96. The van der Waals surface area contributed by atoms with Crippen LogP contribution in [0.1, 0.15) is 21.5 Å². The van der Waals surface area contributed by atoms with Crippen LogP contribution in [0.3, 0.4) is 0 Å². The van der Waals surface area contributed by atoms with E-state index in [0.29, 0.717) is 31.9 Å². The topological polar surface area (TPSA) is 94.6 Å². The molecular weight excluding hydrogens is 552 g/mol. The Hall–Kier alpha value is -4.82. The highest BCUT2D eigenvalue weighted by atomic mass is 16.5. The zero-order valence-corrected chi connectivity index (χ0v) is 26.5. The fraction of sp³-hybridized carbons (Fsp3) is 0.278. The molecule has 3 aromatic carbocycles. The number of carbonyl (C=O) groups is 1. The number of nitrogens with zero attached hydrogens (tertiary/aromatic N) is 2. The number of hydrogen-bond donors (Lipinski definition) is 2. The molecule has 0 radical (unpaired) electrons. The van der Waals surface area contributed by atoms with E-state index in [1.165, 1.54) is 0 Å². The van der Waals surface area contributed by atoms with E-state index in [-0.39, 0.29) is 5.91 Å². The van der Waals surface area contributed by atoms with E-state index in [1.54, 1.807) is 6.07 Å². The Morgan fingerprint density at radius 3 is 2.36 bits per heavy atom. The molecule has 44 heavy (non-hydrogen) atoms. The molecule has 0 bridgehead atoms. The van der Waals surface area contributed by atoms with E-state index in [2.05, 4.69) is 75.1 Å². The lowest BCUT2D eigenvalue weighted by atomic mass is 9.93. The summed E-state index contributed by atoms with van der Waals surface area (Å²) in [6.45, 7) is 5.93. The van der Waals surface area contributed by atoms with Gasteiger partial charge in [-0.3, -0.25) is 4.79 Å². The molecule has 0 unspecified atom stereocenters. The number of benzene rings is 4. The predicted molar refractivity (Wildman–Crippen MR) is 177 cm³/mol. The number of aryl methyl sites for hydroxylation is 2. The van der Waals surface area contributed by atoms with Gasteiger partial charge in [-0.1, -0.05) is 12.1 Å². The molecule has 0 spiro atoms. The van der Waals surface area contributed by atoms with Gasteiger partial charge in [0.25, 0.3) is 5.91 Å². The Morgan fingerprint density at radius 2 is 1.66 bits per heavy atom. The van der Waals surface area contributed by atoms with Crippen LogP contribution in [-0.2, 0) is 0 Å². The normalized spacial score (nSPS) is 11.1. The molecule has 5 rings (SSSR count). The minimum absolute atomic E-state index is 0.106. The summed E-state index contributed by atoms with van der Waals surface area (Å²) < 4.78 is 20.8. The minimum atomic E-state index is -0.106. The van der Waals surface area contributed by atoms with Gasteiger partial charge in [-0.25, -0.2) is 4.58 Å². The largest absolute Gasteiger partial charge is 0.490 e. The fourth-order valence-electron chi connectivity index (χ4n) is 5.21. The van der Waals surface area contributed by atoms with Gasteiger partial charge in [0, 0.05) is 54.0 Å². The lowest BCUT2D eigenvalue weighted by Gasteiger charge is -2.19. The molecule has 0 saturated carbocycles. The third-order valence-electron chi connectivity index (χ3n) is 7.70. The second-order valence-corrected chi connectivity index (χ2v) is 11.4. The van der Waals surface area contributed by atoms with Gasteiger partial charge in [-0.05, 0) is 73.0 Å². The van der Waals surface area contributed by atoms with Gasteiger partial charge in [0.1, 0.15) is 50.2 Å². The second-order valence-electron chi connectivity index (χ2n) is 11.4. The first-order valence-electron chi connectivity index (χ1n) is 14.9. The van der Waals surface area contributed by atoms with Crippen molar-refractivity contribution in [3.05, 3.63) is 94.8 Å². The van der Waals surface area contributed by atoms with Crippen molar-refractivity contribution in [3.63, 3.8) is 0 Å². The van der Waals surface area contributed by atoms with Crippen LogP contribution in [0, 0.1) is 13.8 Å². The molecule has 1 heterocycles. The number of amides is 1. The SMILES string of the molecule is Cc1cc(C(=O)NCC[NH3+])ccc1OCCOc1cc(-c2c3ccc(=[N+](C)C)cc-3oc3cc(N(C)C)ccc23)ccc1C. The standard InChI is InChI=1S/C36H40N4O4/c1-23-7-8-25(20-32(23)43-18-17-42-31-14-9-26(19-24(31)2)36(41)38-16-15-37)35-29-12-10-27(39(3)4)21-33(29)44-34-22-28(40(5)6)11-13-30(34)35/h7-14,19-22H,15-18,37H2,1-6H3/p+2. The van der Waals surface area contributed by atoms with E-state index in [1.807, 2.05) is 54.2 Å². The molecule has 1 aliphatic heterocycles. The third kappa shape index (κ3) is 6.55. The first kappa shape index (κ1) is 30.6. The molecule has 228 valence electrons. The monoisotopic (exact) mass is 594 g/mol. The number of ether oxygens (including phenoxy) is 2. The van der Waals surface area contributed by atoms with E-state index in [9.17, 15) is 4.79 Å². The maximum absolute atomic E-state index is 12.3. The summed E-state index contributed by atoms with van der Waals surface area (Å²) in [6, 6.07) is 24.5. The number of nitrogens with one attached hydrogen (secondary N) is 1. The summed E-state index contributed by atoms with van der Waals surface area (Å²) in [7, 11) is 8.12. The van der Waals surface area contributed by atoms with Gasteiger partial charge in [0.2, 0.25) is 5.36 Å². The van der Waals surface area contributed by atoms with Crippen LogP contribution in [-0.4, -0.2) is 60.4 Å². The highest BCUT2D eigenvalue weighted by molar-refractivity contribution is 6.02. The van der Waals surface area contributed by atoms with Crippen molar-refractivity contribution in [3.8, 4) is 33.9 Å². The summed E-state index contributed by atoms with van der Waals surface area (Å²) in [5.74, 6) is 2.25. The first-order valence-corrected chi connectivity index (χ1v) is 14.9. The van der Waals surface area contributed by atoms with Crippen LogP contribution < -0.4 is 35.4 Å². The molecule has 1 amide bonds. The van der Waals surface area contributed by atoms with Crippen LogP contribution in [0.5, 0.6) is 11.5 Å². The zero-order valence-electron chi connectivity index (χ0n) is 26.5. The fourth-order valence-corrected chi connectivity index (χ4v) is 5.21. The van der Waals surface area contributed by atoms with Crippen LogP contribution in [0.2, 0.25) is 0 Å². The third-order valence-corrected chi connectivity index (χ3v) is 7.70. The van der Waals surface area contributed by atoms with Gasteiger partial charge < -0.3 is 29.8 Å². The van der Waals surface area contributed by atoms with E-state index < -0.39 is 0 Å². The first-order chi connectivity index (χ1) is 21.2. The molecule has 8 nitrogen and oxygen atoms in total. The maximum atomic E-state index is 12.3. The highest BCUT2D eigenvalue weighted by Gasteiger charge is 2.19. The van der Waals surface area contributed by atoms with Gasteiger partial charge in [-0.2, -0.15) is 0 Å². The Morgan fingerprint density at radius 1 is 0.886 bits per heavy atom. The summed E-state index contributed by atoms with van der Waals surface area (Å²) >= 11 is 0. The van der Waals surface area contributed by atoms with Crippen molar-refractivity contribution in [2.75, 3.05) is 59.4 Å². The van der Waals surface area contributed by atoms with Crippen LogP contribution in [0.25, 0.3) is 33.4 Å². The molecule has 0 fully saturated rings. The average Bonchev–Trinajstić information content (AvgIpc) is 3.01. The van der Waals surface area contributed by atoms with Crippen molar-refractivity contribution in [1.29, 1.82) is 0 Å². The van der Waals surface area contributed by atoms with Gasteiger partial charge in [-0.15, -0.1) is 0 Å². The minimum Gasteiger partial charge on any atom is -0.490 e. The highest BCUT2D eigenvalue weighted by Crippen LogP contribution is 2.42. The lowest BCUT2D eigenvalue weighted by molar-refractivity contribution is -0.364. The summed E-state index contributed by atoms with van der Waals surface area (Å²) in [6.07, 6.45) is 0. The maximum Gasteiger partial charge on any atom is 0.251 e. The second kappa shape index (κ2) is 13.2. The molecule has 4 N–H and O–H groups in total. The quantitative estimate of drug-likeness (QED) is 0.143. The summed E-state index contributed by atoms with van der Waals surface area (Å²) in [4.78, 5) is 14.3. The van der Waals surface area contributed by atoms with E-state index in [0.717, 1.165) is 67.1 Å². The molecule has 0 aromatic heterocycles. The van der Waals surface area contributed by atoms with Crippen molar-refractivity contribution < 1.29 is 24.4 Å². The zero-order chi connectivity index (χ0) is 31.4. The van der Waals surface area contributed by atoms with Crippen molar-refractivity contribution >= 4 is 22.6 Å². The molecule has 1 aliphatic carbocycles. The summed E-state index contributed by atoms with van der Waals surface area (Å²) in [5.41, 5.74) is 11.4. The molecule has 3 aromatic rings. The van der Waals surface area contributed by atoms with Crippen molar-refractivity contribution in [2.24, 2.45) is 0 Å². The molecule has 8 heteroatoms. The molecule has 0 saturated heterocycles. The van der Waals surface area contributed by atoms with Crippen LogP contribution in [0.15, 0.2) is 77.2 Å². The molecule has 0 atom stereocenters. The number of anilines is 1. The van der Waals surface area contributed by atoms with Crippen molar-refractivity contribution in [2.45, 2.75) is 13.8 Å². The Balaban J connectivity index is 1.41. The lowest BCUT2D eigenvalue weighted by Crippen LogP contribution is -2.54. The molecular formula is C36H42N4O4+2. The Labute approximate surface area is 258 Å². The number of hydrogen-bond acceptors (Lipinski definition) is 5. The van der Waals surface area contributed by atoms with Crippen LogP contribution in [0.4, 0.5) is 5.69 Å². The Kier molecular flexibility index (Phi) is 9.20.